The monoisotopic (exact) mass is 400 g/mol. The van der Waals surface area contributed by atoms with Crippen molar-refractivity contribution in [1.82, 2.24) is 20.0 Å². The van der Waals surface area contributed by atoms with Crippen LogP contribution in [0, 0.1) is 6.92 Å². The molecule has 0 radical (unpaired) electrons. The maximum absolute atomic E-state index is 12.5. The molecule has 0 saturated heterocycles. The Balaban J connectivity index is 1.64. The highest BCUT2D eigenvalue weighted by molar-refractivity contribution is 7.11. The summed E-state index contributed by atoms with van der Waals surface area (Å²) < 4.78 is 12.4. The van der Waals surface area contributed by atoms with E-state index in [0.29, 0.717) is 21.5 Å². The number of furan rings is 1. The Labute approximate surface area is 163 Å². The van der Waals surface area contributed by atoms with E-state index in [0.717, 1.165) is 10.7 Å². The zero-order chi connectivity index (χ0) is 18.8. The largest absolute Gasteiger partial charge is 0.463 e. The van der Waals surface area contributed by atoms with Crippen LogP contribution in [0.5, 0.6) is 0 Å². The average Bonchev–Trinajstić information content (AvgIpc) is 3.40. The van der Waals surface area contributed by atoms with Crippen LogP contribution in [0.4, 0.5) is 0 Å². The second-order valence-electron chi connectivity index (χ2n) is 5.57. The molecule has 0 fully saturated rings. The average molecular weight is 401 g/mol. The molecule has 0 atom stereocenters. The van der Waals surface area contributed by atoms with Crippen molar-refractivity contribution < 1.29 is 13.9 Å². The summed E-state index contributed by atoms with van der Waals surface area (Å²) in [7, 11) is 0. The highest BCUT2D eigenvalue weighted by atomic mass is 35.5. The number of esters is 1. The van der Waals surface area contributed by atoms with Gasteiger partial charge in [-0.2, -0.15) is 5.10 Å². The van der Waals surface area contributed by atoms with Crippen molar-refractivity contribution in [1.29, 1.82) is 0 Å². The molecule has 3 aromatic heterocycles. The molecule has 0 aliphatic rings. The van der Waals surface area contributed by atoms with Crippen LogP contribution in [0.25, 0.3) is 17.1 Å². The lowest BCUT2D eigenvalue weighted by atomic mass is 10.2. The SMILES string of the molecule is Cc1nnc(COC(=O)c2cc(-c3ccco3)n(-c3ccc(Cl)cc3)n2)s1. The van der Waals surface area contributed by atoms with E-state index in [1.165, 1.54) is 11.3 Å². The normalized spacial score (nSPS) is 10.9. The molecule has 0 spiro atoms. The summed E-state index contributed by atoms with van der Waals surface area (Å²) in [5.74, 6) is 0.0274. The smallest absolute Gasteiger partial charge is 0.359 e. The third-order valence-electron chi connectivity index (χ3n) is 3.66. The Bertz CT molecular complexity index is 1070. The standard InChI is InChI=1S/C18H13ClN4O3S/c1-11-20-21-17(27-11)10-26-18(24)14-9-15(16-3-2-8-25-16)23(22-14)13-6-4-12(19)5-7-13/h2-9H,10H2,1H3. The van der Waals surface area contributed by atoms with Crippen molar-refractivity contribution in [2.75, 3.05) is 0 Å². The molecule has 0 amide bonds. The number of carbonyl (C=O) groups excluding carboxylic acids is 1. The van der Waals surface area contributed by atoms with Gasteiger partial charge >= 0.3 is 5.97 Å². The molecule has 4 aromatic rings. The molecule has 7 nitrogen and oxygen atoms in total. The van der Waals surface area contributed by atoms with Gasteiger partial charge in [0.25, 0.3) is 0 Å². The Kier molecular flexibility index (Phi) is 4.74. The lowest BCUT2D eigenvalue weighted by Gasteiger charge is -2.05. The minimum absolute atomic E-state index is 0.0498. The van der Waals surface area contributed by atoms with E-state index in [9.17, 15) is 4.79 Å². The number of halogens is 1. The Morgan fingerprint density at radius 2 is 2.07 bits per heavy atom. The maximum Gasteiger partial charge on any atom is 0.359 e. The van der Waals surface area contributed by atoms with Gasteiger partial charge in [0.05, 0.1) is 12.0 Å². The van der Waals surface area contributed by atoms with Gasteiger partial charge in [0, 0.05) is 11.1 Å². The molecule has 3 heterocycles. The van der Waals surface area contributed by atoms with Crippen LogP contribution in [0.15, 0.2) is 53.1 Å². The molecule has 4 rings (SSSR count). The number of hydrogen-bond donors (Lipinski definition) is 0. The van der Waals surface area contributed by atoms with Gasteiger partial charge in [-0.05, 0) is 43.3 Å². The van der Waals surface area contributed by atoms with Gasteiger partial charge in [-0.1, -0.05) is 22.9 Å². The molecule has 0 aliphatic carbocycles. The zero-order valence-corrected chi connectivity index (χ0v) is 15.7. The first-order valence-corrected chi connectivity index (χ1v) is 9.15. The van der Waals surface area contributed by atoms with Gasteiger partial charge in [-0.3, -0.25) is 0 Å². The third-order valence-corrected chi connectivity index (χ3v) is 4.72. The van der Waals surface area contributed by atoms with Crippen molar-refractivity contribution in [2.45, 2.75) is 13.5 Å². The summed E-state index contributed by atoms with van der Waals surface area (Å²) in [5, 5.41) is 14.3. The van der Waals surface area contributed by atoms with E-state index < -0.39 is 5.97 Å². The van der Waals surface area contributed by atoms with E-state index in [1.807, 2.05) is 6.92 Å². The van der Waals surface area contributed by atoms with Gasteiger partial charge in [0.2, 0.25) is 0 Å². The fourth-order valence-electron chi connectivity index (χ4n) is 2.46. The van der Waals surface area contributed by atoms with Gasteiger partial charge in [0.1, 0.15) is 17.3 Å². The number of aryl methyl sites for hydroxylation is 1. The molecule has 0 bridgehead atoms. The van der Waals surface area contributed by atoms with Crippen LogP contribution >= 0.6 is 22.9 Å². The minimum atomic E-state index is -0.552. The molecule has 1 aromatic carbocycles. The minimum Gasteiger partial charge on any atom is -0.463 e. The highest BCUT2D eigenvalue weighted by Gasteiger charge is 2.20. The predicted molar refractivity (Wildman–Crippen MR) is 100 cm³/mol. The van der Waals surface area contributed by atoms with E-state index >= 15 is 0 Å². The number of carbonyl (C=O) groups is 1. The highest BCUT2D eigenvalue weighted by Crippen LogP contribution is 2.25. The number of nitrogens with zero attached hydrogens (tertiary/aromatic N) is 4. The number of ether oxygens (including phenoxy) is 1. The van der Waals surface area contributed by atoms with Crippen molar-refractivity contribution in [2.24, 2.45) is 0 Å². The van der Waals surface area contributed by atoms with Gasteiger partial charge in [-0.15, -0.1) is 10.2 Å². The van der Waals surface area contributed by atoms with Crippen LogP contribution < -0.4 is 0 Å². The topological polar surface area (TPSA) is 83.0 Å². The summed E-state index contributed by atoms with van der Waals surface area (Å²) in [6.45, 7) is 1.89. The van der Waals surface area contributed by atoms with Crippen molar-refractivity contribution in [3.05, 3.63) is 69.5 Å². The molecule has 136 valence electrons. The van der Waals surface area contributed by atoms with Crippen molar-refractivity contribution in [3.8, 4) is 17.1 Å². The first-order chi connectivity index (χ1) is 13.1. The summed E-state index contributed by atoms with van der Waals surface area (Å²) in [6.07, 6.45) is 1.56. The third kappa shape index (κ3) is 3.76. The second kappa shape index (κ2) is 7.34. The molecule has 27 heavy (non-hydrogen) atoms. The lowest BCUT2D eigenvalue weighted by molar-refractivity contribution is 0.0464. The molecular weight excluding hydrogens is 388 g/mol. The number of rotatable bonds is 5. The lowest BCUT2D eigenvalue weighted by Crippen LogP contribution is -2.07. The Morgan fingerprint density at radius 3 is 2.74 bits per heavy atom. The number of benzene rings is 1. The number of aromatic nitrogens is 4. The second-order valence-corrected chi connectivity index (χ2v) is 7.27. The number of hydrogen-bond acceptors (Lipinski definition) is 7. The molecule has 0 unspecified atom stereocenters. The maximum atomic E-state index is 12.5. The quantitative estimate of drug-likeness (QED) is 0.464. The van der Waals surface area contributed by atoms with Crippen LogP contribution in [0.1, 0.15) is 20.5 Å². The van der Waals surface area contributed by atoms with Gasteiger partial charge < -0.3 is 9.15 Å². The molecular formula is C18H13ClN4O3S. The first-order valence-electron chi connectivity index (χ1n) is 7.96. The van der Waals surface area contributed by atoms with E-state index in [-0.39, 0.29) is 12.3 Å². The van der Waals surface area contributed by atoms with Gasteiger partial charge in [-0.25, -0.2) is 9.48 Å². The Hall–Kier alpha value is -2.97. The Morgan fingerprint density at radius 1 is 1.26 bits per heavy atom. The molecule has 9 heteroatoms. The van der Waals surface area contributed by atoms with E-state index in [2.05, 4.69) is 15.3 Å². The van der Waals surface area contributed by atoms with Gasteiger partial charge in [0.15, 0.2) is 16.5 Å². The van der Waals surface area contributed by atoms with E-state index in [1.54, 1.807) is 53.4 Å². The summed E-state index contributed by atoms with van der Waals surface area (Å²) in [4.78, 5) is 12.5. The molecule has 0 saturated carbocycles. The summed E-state index contributed by atoms with van der Waals surface area (Å²) in [6, 6.07) is 12.3. The summed E-state index contributed by atoms with van der Waals surface area (Å²) >= 11 is 7.34. The van der Waals surface area contributed by atoms with E-state index in [4.69, 9.17) is 20.8 Å². The van der Waals surface area contributed by atoms with Crippen molar-refractivity contribution in [3.63, 3.8) is 0 Å². The van der Waals surface area contributed by atoms with Crippen LogP contribution in [0.3, 0.4) is 0 Å². The molecule has 0 N–H and O–H groups in total. The van der Waals surface area contributed by atoms with Crippen LogP contribution in [0.2, 0.25) is 5.02 Å². The summed E-state index contributed by atoms with van der Waals surface area (Å²) in [5.41, 5.74) is 1.53. The van der Waals surface area contributed by atoms with Crippen molar-refractivity contribution >= 4 is 28.9 Å². The zero-order valence-electron chi connectivity index (χ0n) is 14.1. The fraction of sp³-hybridized carbons (Fsp3) is 0.111. The van der Waals surface area contributed by atoms with Crippen LogP contribution in [-0.2, 0) is 11.3 Å². The first kappa shape index (κ1) is 17.4. The van der Waals surface area contributed by atoms with Crippen LogP contribution in [-0.4, -0.2) is 25.9 Å². The molecule has 0 aliphatic heterocycles. The predicted octanol–water partition coefficient (Wildman–Crippen LogP) is 4.30. The fourth-order valence-corrected chi connectivity index (χ4v) is 3.20.